The fraction of sp³-hybridized carbons (Fsp3) is 0.250. The predicted molar refractivity (Wildman–Crippen MR) is 115 cm³/mol. The monoisotopic (exact) mass is 387 g/mol. The molecule has 0 atom stereocenters. The van der Waals surface area contributed by atoms with Crippen LogP contribution < -0.4 is 15.4 Å². The number of rotatable bonds is 4. The van der Waals surface area contributed by atoms with Gasteiger partial charge >= 0.3 is 6.03 Å². The van der Waals surface area contributed by atoms with Gasteiger partial charge < -0.3 is 15.4 Å². The number of nitrogens with one attached hydrogen (secondary N) is 2. The van der Waals surface area contributed by atoms with E-state index >= 15 is 0 Å². The summed E-state index contributed by atoms with van der Waals surface area (Å²) in [6.07, 6.45) is 0.968. The van der Waals surface area contributed by atoms with Crippen molar-refractivity contribution in [3.8, 4) is 16.9 Å². The van der Waals surface area contributed by atoms with E-state index in [4.69, 9.17) is 4.74 Å². The van der Waals surface area contributed by atoms with Crippen LogP contribution in [0.15, 0.2) is 48.5 Å². The first-order chi connectivity index (χ1) is 14.0. The van der Waals surface area contributed by atoms with Gasteiger partial charge in [-0.2, -0.15) is 0 Å². The fourth-order valence-corrected chi connectivity index (χ4v) is 3.73. The molecule has 148 valence electrons. The lowest BCUT2D eigenvalue weighted by Gasteiger charge is -2.13. The first-order valence-corrected chi connectivity index (χ1v) is 9.84. The molecule has 0 aliphatic carbocycles. The van der Waals surface area contributed by atoms with E-state index in [9.17, 15) is 4.79 Å². The lowest BCUT2D eigenvalue weighted by atomic mass is 10.0. The maximum absolute atomic E-state index is 12.3. The number of benzene rings is 2. The first kappa shape index (κ1) is 19.0. The van der Waals surface area contributed by atoms with Gasteiger partial charge in [0.25, 0.3) is 0 Å². The van der Waals surface area contributed by atoms with Gasteiger partial charge in [-0.1, -0.05) is 30.3 Å². The number of urea groups is 1. The number of ether oxygens (including phenoxy) is 1. The second-order valence-corrected chi connectivity index (χ2v) is 7.47. The zero-order valence-corrected chi connectivity index (χ0v) is 17.0. The summed E-state index contributed by atoms with van der Waals surface area (Å²) in [5.74, 6) is 0.995. The number of aromatic nitrogens is 1. The van der Waals surface area contributed by atoms with Crippen LogP contribution in [0.2, 0.25) is 0 Å². The Hall–Kier alpha value is -3.34. The molecule has 5 nitrogen and oxygen atoms in total. The van der Waals surface area contributed by atoms with Crippen LogP contribution in [-0.4, -0.2) is 17.6 Å². The Kier molecular flexibility index (Phi) is 5.21. The molecule has 29 heavy (non-hydrogen) atoms. The minimum absolute atomic E-state index is 0.232. The number of fused-ring (bicyclic) bond motifs is 1. The smallest absolute Gasteiger partial charge is 0.319 e. The molecule has 4 rings (SSSR count). The average molecular weight is 387 g/mol. The molecule has 1 aliphatic rings. The molecule has 2 amide bonds. The summed E-state index contributed by atoms with van der Waals surface area (Å²) < 4.78 is 5.58. The number of hydrogen-bond donors (Lipinski definition) is 2. The predicted octanol–water partition coefficient (Wildman–Crippen LogP) is 4.93. The van der Waals surface area contributed by atoms with Crippen molar-refractivity contribution in [3.63, 3.8) is 0 Å². The molecule has 2 N–H and O–H groups in total. The summed E-state index contributed by atoms with van der Waals surface area (Å²) in [6.45, 7) is 7.05. The normalized spacial score (nSPS) is 12.2. The molecule has 2 heterocycles. The van der Waals surface area contributed by atoms with Gasteiger partial charge in [-0.15, -0.1) is 0 Å². The van der Waals surface area contributed by atoms with Crippen LogP contribution in [-0.2, 0) is 13.0 Å². The highest BCUT2D eigenvalue weighted by atomic mass is 16.5. The molecule has 0 bridgehead atoms. The van der Waals surface area contributed by atoms with E-state index in [-0.39, 0.29) is 6.03 Å². The van der Waals surface area contributed by atoms with E-state index in [0.29, 0.717) is 6.54 Å². The third-order valence-corrected chi connectivity index (χ3v) is 5.19. The van der Waals surface area contributed by atoms with Crippen molar-refractivity contribution in [3.05, 3.63) is 76.6 Å². The van der Waals surface area contributed by atoms with Gasteiger partial charge in [0.05, 0.1) is 18.0 Å². The highest BCUT2D eigenvalue weighted by molar-refractivity contribution is 5.90. The highest BCUT2D eigenvalue weighted by Crippen LogP contribution is 2.30. The van der Waals surface area contributed by atoms with E-state index in [1.807, 2.05) is 45.0 Å². The molecule has 3 aromatic rings. The van der Waals surface area contributed by atoms with Gasteiger partial charge in [0, 0.05) is 18.7 Å². The van der Waals surface area contributed by atoms with E-state index in [2.05, 4.69) is 39.9 Å². The van der Waals surface area contributed by atoms with Crippen LogP contribution in [0.4, 0.5) is 10.5 Å². The van der Waals surface area contributed by atoms with Crippen molar-refractivity contribution in [2.24, 2.45) is 0 Å². The molecule has 1 aliphatic heterocycles. The van der Waals surface area contributed by atoms with Crippen LogP contribution in [0.5, 0.6) is 5.75 Å². The molecule has 0 radical (unpaired) electrons. The van der Waals surface area contributed by atoms with Crippen molar-refractivity contribution < 1.29 is 9.53 Å². The molecule has 0 saturated carbocycles. The molecule has 0 fully saturated rings. The summed E-state index contributed by atoms with van der Waals surface area (Å²) in [5.41, 5.74) is 8.20. The standard InChI is InChI=1S/C24H25N3O2/c1-15-12-16(2)26-17(3)23(15)27-24(28)25-14-18-4-6-19(7-5-18)20-8-9-22-21(13-20)10-11-29-22/h4-9,12-13H,10-11,14H2,1-3H3,(H2,25,27,28). The number of amides is 2. The summed E-state index contributed by atoms with van der Waals surface area (Å²) in [5, 5.41) is 5.83. The van der Waals surface area contributed by atoms with Crippen LogP contribution in [0.25, 0.3) is 11.1 Å². The van der Waals surface area contributed by atoms with Gasteiger partial charge in [0.15, 0.2) is 0 Å². The second kappa shape index (κ2) is 7.95. The lowest BCUT2D eigenvalue weighted by molar-refractivity contribution is 0.251. The Balaban J connectivity index is 1.37. The Morgan fingerprint density at radius 3 is 2.55 bits per heavy atom. The van der Waals surface area contributed by atoms with E-state index < -0.39 is 0 Å². The Bertz CT molecular complexity index is 1040. The molecule has 0 unspecified atom stereocenters. The number of carbonyl (C=O) groups is 1. The third-order valence-electron chi connectivity index (χ3n) is 5.19. The summed E-state index contributed by atoms with van der Waals surface area (Å²) in [7, 11) is 0. The van der Waals surface area contributed by atoms with E-state index in [1.54, 1.807) is 0 Å². The van der Waals surface area contributed by atoms with Gasteiger partial charge in [-0.05, 0) is 66.8 Å². The Morgan fingerprint density at radius 1 is 1.03 bits per heavy atom. The minimum Gasteiger partial charge on any atom is -0.493 e. The quantitative estimate of drug-likeness (QED) is 0.667. The molecule has 0 spiro atoms. The largest absolute Gasteiger partial charge is 0.493 e. The van der Waals surface area contributed by atoms with Crippen molar-refractivity contribution in [2.75, 3.05) is 11.9 Å². The zero-order valence-electron chi connectivity index (χ0n) is 17.0. The lowest BCUT2D eigenvalue weighted by Crippen LogP contribution is -2.29. The van der Waals surface area contributed by atoms with Crippen molar-refractivity contribution in [1.29, 1.82) is 0 Å². The third kappa shape index (κ3) is 4.24. The number of pyridine rings is 1. The van der Waals surface area contributed by atoms with Crippen LogP contribution >= 0.6 is 0 Å². The van der Waals surface area contributed by atoms with Gasteiger partial charge in [0.2, 0.25) is 0 Å². The minimum atomic E-state index is -0.232. The van der Waals surface area contributed by atoms with E-state index in [0.717, 1.165) is 52.5 Å². The zero-order chi connectivity index (χ0) is 20.4. The number of nitrogens with zero attached hydrogens (tertiary/aromatic N) is 1. The van der Waals surface area contributed by atoms with Crippen LogP contribution in [0.1, 0.15) is 28.1 Å². The molecule has 1 aromatic heterocycles. The maximum atomic E-state index is 12.3. The number of anilines is 1. The van der Waals surface area contributed by atoms with E-state index in [1.165, 1.54) is 11.1 Å². The van der Waals surface area contributed by atoms with Gasteiger partial charge in [0.1, 0.15) is 5.75 Å². The summed E-state index contributed by atoms with van der Waals surface area (Å²) in [4.78, 5) is 16.7. The van der Waals surface area contributed by atoms with Crippen LogP contribution in [0, 0.1) is 20.8 Å². The Morgan fingerprint density at radius 2 is 1.79 bits per heavy atom. The SMILES string of the molecule is Cc1cc(C)c(NC(=O)NCc2ccc(-c3ccc4c(c3)CCO4)cc2)c(C)n1. The average Bonchev–Trinajstić information content (AvgIpc) is 3.17. The number of aryl methyl sites for hydroxylation is 3. The Labute approximate surface area is 171 Å². The van der Waals surface area contributed by atoms with Gasteiger partial charge in [-0.25, -0.2) is 4.79 Å². The van der Waals surface area contributed by atoms with Crippen molar-refractivity contribution >= 4 is 11.7 Å². The summed E-state index contributed by atoms with van der Waals surface area (Å²) >= 11 is 0. The summed E-state index contributed by atoms with van der Waals surface area (Å²) in [6, 6.07) is 16.3. The molecular weight excluding hydrogens is 362 g/mol. The van der Waals surface area contributed by atoms with Crippen molar-refractivity contribution in [2.45, 2.75) is 33.7 Å². The fourth-order valence-electron chi connectivity index (χ4n) is 3.73. The topological polar surface area (TPSA) is 63.2 Å². The highest BCUT2D eigenvalue weighted by Gasteiger charge is 2.13. The first-order valence-electron chi connectivity index (χ1n) is 9.84. The van der Waals surface area contributed by atoms with Crippen LogP contribution in [0.3, 0.4) is 0 Å². The molecule has 2 aromatic carbocycles. The molecule has 0 saturated heterocycles. The molecular formula is C24H25N3O2. The molecule has 5 heteroatoms. The number of carbonyl (C=O) groups excluding carboxylic acids is 1. The van der Waals surface area contributed by atoms with Gasteiger partial charge in [-0.3, -0.25) is 4.98 Å². The number of hydrogen-bond acceptors (Lipinski definition) is 3. The van der Waals surface area contributed by atoms with Crippen molar-refractivity contribution in [1.82, 2.24) is 10.3 Å². The second-order valence-electron chi connectivity index (χ2n) is 7.47. The maximum Gasteiger partial charge on any atom is 0.319 e.